The molecule has 15 heavy (non-hydrogen) atoms. The van der Waals surface area contributed by atoms with Gasteiger partial charge in [0, 0.05) is 11.6 Å². The van der Waals surface area contributed by atoms with E-state index >= 15 is 0 Å². The summed E-state index contributed by atoms with van der Waals surface area (Å²) in [7, 11) is 0. The van der Waals surface area contributed by atoms with Gasteiger partial charge < -0.3 is 5.11 Å². The van der Waals surface area contributed by atoms with Crippen LogP contribution in [0.1, 0.15) is 22.2 Å². The first kappa shape index (κ1) is 10.3. The van der Waals surface area contributed by atoms with Crippen LogP contribution in [0.3, 0.4) is 0 Å². The van der Waals surface area contributed by atoms with E-state index in [1.165, 1.54) is 17.4 Å². The molecule has 1 unspecified atom stereocenters. The van der Waals surface area contributed by atoms with E-state index in [1.54, 1.807) is 30.6 Å². The average molecular weight is 223 g/mol. The highest BCUT2D eigenvalue weighted by atomic mass is 32.1. The molecule has 0 saturated carbocycles. The van der Waals surface area contributed by atoms with Gasteiger partial charge in [-0.25, -0.2) is 9.37 Å². The lowest BCUT2D eigenvalue weighted by Gasteiger charge is -2.08. The third-order valence-corrected chi connectivity index (χ3v) is 3.02. The Balaban J connectivity index is 2.34. The van der Waals surface area contributed by atoms with Crippen molar-refractivity contribution in [3.8, 4) is 0 Å². The van der Waals surface area contributed by atoms with Crippen molar-refractivity contribution in [2.75, 3.05) is 0 Å². The first-order chi connectivity index (χ1) is 7.18. The molecule has 1 heterocycles. The Morgan fingerprint density at radius 2 is 2.27 bits per heavy atom. The number of nitrogens with zero attached hydrogens (tertiary/aromatic N) is 1. The SMILES string of the molecule is Cc1ccc(C(O)c2nccs2)cc1F. The number of aliphatic hydroxyl groups is 1. The molecule has 1 N–H and O–H groups in total. The Labute approximate surface area is 91.0 Å². The topological polar surface area (TPSA) is 33.1 Å². The van der Waals surface area contributed by atoms with Gasteiger partial charge in [0.25, 0.3) is 0 Å². The molecule has 0 aliphatic rings. The second-order valence-corrected chi connectivity index (χ2v) is 4.21. The molecule has 0 fully saturated rings. The highest BCUT2D eigenvalue weighted by Crippen LogP contribution is 2.24. The highest BCUT2D eigenvalue weighted by molar-refractivity contribution is 7.09. The fourth-order valence-electron chi connectivity index (χ4n) is 1.29. The fraction of sp³-hybridized carbons (Fsp3) is 0.182. The standard InChI is InChI=1S/C11H10FNOS/c1-7-2-3-8(6-9(7)12)10(14)11-13-4-5-15-11/h2-6,10,14H,1H3. The van der Waals surface area contributed by atoms with Gasteiger partial charge in [-0.2, -0.15) is 0 Å². The van der Waals surface area contributed by atoms with Crippen molar-refractivity contribution < 1.29 is 9.50 Å². The van der Waals surface area contributed by atoms with Crippen molar-refractivity contribution >= 4 is 11.3 Å². The number of aromatic nitrogens is 1. The highest BCUT2D eigenvalue weighted by Gasteiger charge is 2.13. The lowest BCUT2D eigenvalue weighted by Crippen LogP contribution is -1.99. The van der Waals surface area contributed by atoms with E-state index < -0.39 is 6.10 Å². The Kier molecular flexibility index (Phi) is 2.79. The molecule has 0 radical (unpaired) electrons. The van der Waals surface area contributed by atoms with E-state index in [2.05, 4.69) is 4.98 Å². The quantitative estimate of drug-likeness (QED) is 0.849. The van der Waals surface area contributed by atoms with Gasteiger partial charge >= 0.3 is 0 Å². The monoisotopic (exact) mass is 223 g/mol. The fourth-order valence-corrected chi connectivity index (χ4v) is 1.94. The summed E-state index contributed by atoms with van der Waals surface area (Å²) in [6.45, 7) is 1.69. The van der Waals surface area contributed by atoms with Crippen molar-refractivity contribution in [1.29, 1.82) is 0 Å². The molecule has 4 heteroatoms. The Morgan fingerprint density at radius 1 is 1.47 bits per heavy atom. The van der Waals surface area contributed by atoms with E-state index in [4.69, 9.17) is 0 Å². The van der Waals surface area contributed by atoms with E-state index in [0.717, 1.165) is 0 Å². The third-order valence-electron chi connectivity index (χ3n) is 2.20. The van der Waals surface area contributed by atoms with Crippen molar-refractivity contribution in [2.45, 2.75) is 13.0 Å². The molecule has 2 aromatic rings. The van der Waals surface area contributed by atoms with E-state index in [9.17, 15) is 9.50 Å². The molecule has 0 aliphatic heterocycles. The second kappa shape index (κ2) is 4.08. The van der Waals surface area contributed by atoms with Gasteiger partial charge in [0.2, 0.25) is 0 Å². The molecule has 2 rings (SSSR count). The maximum Gasteiger partial charge on any atom is 0.131 e. The number of halogens is 1. The van der Waals surface area contributed by atoms with Gasteiger partial charge in [0.05, 0.1) is 0 Å². The first-order valence-corrected chi connectivity index (χ1v) is 5.40. The second-order valence-electron chi connectivity index (χ2n) is 3.28. The van der Waals surface area contributed by atoms with Crippen LogP contribution in [-0.4, -0.2) is 10.1 Å². The molecule has 1 aromatic carbocycles. The predicted molar refractivity (Wildman–Crippen MR) is 57.3 cm³/mol. The van der Waals surface area contributed by atoms with Crippen LogP contribution in [0.5, 0.6) is 0 Å². The number of aliphatic hydroxyl groups excluding tert-OH is 1. The van der Waals surface area contributed by atoms with Crippen LogP contribution in [0.15, 0.2) is 29.8 Å². The van der Waals surface area contributed by atoms with Crippen LogP contribution in [0.25, 0.3) is 0 Å². The third kappa shape index (κ3) is 2.06. The number of benzene rings is 1. The number of hydrogen-bond donors (Lipinski definition) is 1. The normalized spacial score (nSPS) is 12.7. The lowest BCUT2D eigenvalue weighted by atomic mass is 10.1. The van der Waals surface area contributed by atoms with Crippen LogP contribution < -0.4 is 0 Å². The van der Waals surface area contributed by atoms with Crippen LogP contribution in [0.4, 0.5) is 4.39 Å². The Hall–Kier alpha value is -1.26. The van der Waals surface area contributed by atoms with Crippen molar-refractivity contribution in [3.63, 3.8) is 0 Å². The smallest absolute Gasteiger partial charge is 0.131 e. The zero-order valence-corrected chi connectivity index (χ0v) is 8.96. The summed E-state index contributed by atoms with van der Waals surface area (Å²) in [6, 6.07) is 4.72. The minimum atomic E-state index is -0.833. The van der Waals surface area contributed by atoms with Gasteiger partial charge in [-0.15, -0.1) is 11.3 Å². The molecule has 0 saturated heterocycles. The van der Waals surface area contributed by atoms with Gasteiger partial charge in [-0.05, 0) is 24.1 Å². The average Bonchev–Trinajstić information content (AvgIpc) is 2.74. The molecule has 2 nitrogen and oxygen atoms in total. The predicted octanol–water partition coefficient (Wildman–Crippen LogP) is 2.67. The van der Waals surface area contributed by atoms with Crippen molar-refractivity contribution in [1.82, 2.24) is 4.98 Å². The molecule has 78 valence electrons. The van der Waals surface area contributed by atoms with Gasteiger partial charge in [0.1, 0.15) is 16.9 Å². The Bertz CT molecular complexity index is 456. The minimum Gasteiger partial charge on any atom is -0.381 e. The molecule has 1 aromatic heterocycles. The summed E-state index contributed by atoms with van der Waals surface area (Å²) in [4.78, 5) is 3.99. The maximum absolute atomic E-state index is 13.3. The van der Waals surface area contributed by atoms with Gasteiger partial charge in [-0.3, -0.25) is 0 Å². The van der Waals surface area contributed by atoms with Crippen LogP contribution in [-0.2, 0) is 0 Å². The number of thiazole rings is 1. The maximum atomic E-state index is 13.3. The number of rotatable bonds is 2. The molecule has 0 bridgehead atoms. The summed E-state index contributed by atoms with van der Waals surface area (Å²) < 4.78 is 13.3. The molecule has 0 amide bonds. The summed E-state index contributed by atoms with van der Waals surface area (Å²) in [6.07, 6.45) is 0.786. The summed E-state index contributed by atoms with van der Waals surface area (Å²) in [5.74, 6) is -0.303. The van der Waals surface area contributed by atoms with Crippen molar-refractivity contribution in [3.05, 3.63) is 51.7 Å². The van der Waals surface area contributed by atoms with E-state index in [-0.39, 0.29) is 5.82 Å². The summed E-state index contributed by atoms with van der Waals surface area (Å²) in [5, 5.41) is 12.2. The van der Waals surface area contributed by atoms with Crippen LogP contribution in [0.2, 0.25) is 0 Å². The molecular weight excluding hydrogens is 213 g/mol. The summed E-state index contributed by atoms with van der Waals surface area (Å²) in [5.41, 5.74) is 1.11. The zero-order chi connectivity index (χ0) is 10.8. The number of hydrogen-bond acceptors (Lipinski definition) is 3. The van der Waals surface area contributed by atoms with E-state index in [1.807, 2.05) is 0 Å². The van der Waals surface area contributed by atoms with Crippen LogP contribution >= 0.6 is 11.3 Å². The first-order valence-electron chi connectivity index (χ1n) is 4.52. The molecule has 1 atom stereocenters. The zero-order valence-electron chi connectivity index (χ0n) is 8.14. The van der Waals surface area contributed by atoms with Crippen molar-refractivity contribution in [2.24, 2.45) is 0 Å². The van der Waals surface area contributed by atoms with Gasteiger partial charge in [-0.1, -0.05) is 12.1 Å². The molecule has 0 aliphatic carbocycles. The van der Waals surface area contributed by atoms with Gasteiger partial charge in [0.15, 0.2) is 0 Å². The number of aryl methyl sites for hydroxylation is 1. The van der Waals surface area contributed by atoms with E-state index in [0.29, 0.717) is 16.1 Å². The Morgan fingerprint density at radius 3 is 2.87 bits per heavy atom. The largest absolute Gasteiger partial charge is 0.381 e. The molecule has 0 spiro atoms. The lowest BCUT2D eigenvalue weighted by molar-refractivity contribution is 0.219. The van der Waals surface area contributed by atoms with Crippen LogP contribution in [0, 0.1) is 12.7 Å². The molecular formula is C11H10FNOS. The minimum absolute atomic E-state index is 0.303. The summed E-state index contributed by atoms with van der Waals surface area (Å²) >= 11 is 1.35.